The Kier molecular flexibility index (Phi) is 4.35. The summed E-state index contributed by atoms with van der Waals surface area (Å²) in [5.74, 6) is 1.04. The van der Waals surface area contributed by atoms with Gasteiger partial charge in [-0.1, -0.05) is 0 Å². The van der Waals surface area contributed by atoms with Gasteiger partial charge in [-0.05, 0) is 31.9 Å². The van der Waals surface area contributed by atoms with E-state index in [1.165, 1.54) is 11.3 Å². The second-order valence-electron chi connectivity index (χ2n) is 5.24. The van der Waals surface area contributed by atoms with E-state index in [4.69, 9.17) is 10.5 Å². The molecule has 7 heteroatoms. The number of nitrogens with zero attached hydrogens (tertiary/aromatic N) is 2. The molecule has 1 saturated heterocycles. The number of ether oxygens (including phenoxy) is 1. The number of nitrogens with one attached hydrogen (secondary N) is 1. The first kappa shape index (κ1) is 14.9. The summed E-state index contributed by atoms with van der Waals surface area (Å²) in [5.41, 5.74) is 6.64. The maximum absolute atomic E-state index is 11.4. The third-order valence-electron chi connectivity index (χ3n) is 3.57. The highest BCUT2D eigenvalue weighted by atomic mass is 32.1. The van der Waals surface area contributed by atoms with Crippen LogP contribution >= 0.6 is 11.3 Å². The van der Waals surface area contributed by atoms with Gasteiger partial charge in [-0.3, -0.25) is 4.79 Å². The number of hydrogen-bond acceptors (Lipinski definition) is 7. The van der Waals surface area contributed by atoms with Crippen LogP contribution in [0.1, 0.15) is 29.4 Å². The molecule has 0 aliphatic carbocycles. The van der Waals surface area contributed by atoms with Crippen molar-refractivity contribution in [2.75, 3.05) is 24.3 Å². The van der Waals surface area contributed by atoms with Crippen LogP contribution in [0.4, 0.5) is 11.6 Å². The maximum atomic E-state index is 11.4. The zero-order valence-electron chi connectivity index (χ0n) is 12.3. The number of thiophene rings is 1. The lowest BCUT2D eigenvalue weighted by Gasteiger charge is -2.24. The van der Waals surface area contributed by atoms with Crippen LogP contribution in [0.15, 0.2) is 18.3 Å². The summed E-state index contributed by atoms with van der Waals surface area (Å²) >= 11 is 1.41. The van der Waals surface area contributed by atoms with E-state index in [0.717, 1.165) is 36.6 Å². The summed E-state index contributed by atoms with van der Waals surface area (Å²) in [6.45, 7) is 3.05. The van der Waals surface area contributed by atoms with Crippen molar-refractivity contribution in [3.63, 3.8) is 0 Å². The Balaban J connectivity index is 1.83. The largest absolute Gasteiger partial charge is 0.381 e. The van der Waals surface area contributed by atoms with Gasteiger partial charge in [0.05, 0.1) is 16.0 Å². The van der Waals surface area contributed by atoms with Crippen LogP contribution in [0.5, 0.6) is 0 Å². The van der Waals surface area contributed by atoms with Crippen LogP contribution in [0.3, 0.4) is 0 Å². The molecule has 2 aromatic rings. The van der Waals surface area contributed by atoms with Gasteiger partial charge >= 0.3 is 0 Å². The van der Waals surface area contributed by atoms with E-state index in [0.29, 0.717) is 22.6 Å². The van der Waals surface area contributed by atoms with Crippen molar-refractivity contribution < 1.29 is 9.53 Å². The van der Waals surface area contributed by atoms with E-state index < -0.39 is 0 Å². The average Bonchev–Trinajstić information content (AvgIpc) is 3.01. The summed E-state index contributed by atoms with van der Waals surface area (Å²) in [5, 5.41) is 3.35. The minimum atomic E-state index is 0.0557. The molecule has 6 nitrogen and oxygen atoms in total. The van der Waals surface area contributed by atoms with Gasteiger partial charge in [-0.15, -0.1) is 11.3 Å². The second-order valence-corrected chi connectivity index (χ2v) is 6.32. The Bertz CT molecular complexity index is 680. The Morgan fingerprint density at radius 1 is 1.41 bits per heavy atom. The molecule has 0 spiro atoms. The summed E-state index contributed by atoms with van der Waals surface area (Å²) < 4.78 is 5.35. The quantitative estimate of drug-likeness (QED) is 0.842. The van der Waals surface area contributed by atoms with Crippen LogP contribution < -0.4 is 11.1 Å². The van der Waals surface area contributed by atoms with Gasteiger partial charge in [0, 0.05) is 19.3 Å². The molecule has 0 radical (unpaired) electrons. The molecule has 3 rings (SSSR count). The molecule has 0 atom stereocenters. The second kappa shape index (κ2) is 6.41. The smallest absolute Gasteiger partial charge is 0.169 e. The van der Waals surface area contributed by atoms with E-state index in [1.807, 2.05) is 12.1 Å². The number of ketones is 1. The van der Waals surface area contributed by atoms with E-state index in [2.05, 4.69) is 15.3 Å². The van der Waals surface area contributed by atoms with Crippen molar-refractivity contribution in [1.29, 1.82) is 0 Å². The van der Waals surface area contributed by atoms with Crippen molar-refractivity contribution in [2.24, 2.45) is 0 Å². The summed E-state index contributed by atoms with van der Waals surface area (Å²) in [6, 6.07) is 4.00. The molecule has 0 amide bonds. The lowest BCUT2D eigenvalue weighted by molar-refractivity contribution is 0.0904. The molecule has 1 aliphatic rings. The standard InChI is InChI=1S/C15H18N4O2S/c1-9(20)12-2-3-13(22-12)11-8-17-14(16)15(19-11)18-10-4-6-21-7-5-10/h2-3,8,10H,4-7H2,1H3,(H2,16,17)(H,18,19). The molecule has 2 aromatic heterocycles. The predicted octanol–water partition coefficient (Wildman–Crippen LogP) is 2.58. The van der Waals surface area contributed by atoms with E-state index in [-0.39, 0.29) is 5.78 Å². The van der Waals surface area contributed by atoms with Crippen LogP contribution in [0, 0.1) is 0 Å². The molecule has 3 N–H and O–H groups in total. The van der Waals surface area contributed by atoms with Crippen molar-refractivity contribution in [3.05, 3.63) is 23.2 Å². The molecule has 3 heterocycles. The fourth-order valence-corrected chi connectivity index (χ4v) is 3.18. The van der Waals surface area contributed by atoms with Gasteiger partial charge in [0.25, 0.3) is 0 Å². The molecule has 0 unspecified atom stereocenters. The normalized spacial score (nSPS) is 15.7. The molecule has 116 valence electrons. The number of carbonyl (C=O) groups is 1. The highest BCUT2D eigenvalue weighted by molar-refractivity contribution is 7.17. The van der Waals surface area contributed by atoms with Crippen molar-refractivity contribution in [1.82, 2.24) is 9.97 Å². The van der Waals surface area contributed by atoms with Crippen LogP contribution in [0.25, 0.3) is 10.6 Å². The van der Waals surface area contributed by atoms with Gasteiger partial charge in [0.2, 0.25) is 0 Å². The number of rotatable bonds is 4. The monoisotopic (exact) mass is 318 g/mol. The van der Waals surface area contributed by atoms with Crippen molar-refractivity contribution in [2.45, 2.75) is 25.8 Å². The van der Waals surface area contributed by atoms with Crippen molar-refractivity contribution >= 4 is 28.8 Å². The van der Waals surface area contributed by atoms with Gasteiger partial charge < -0.3 is 15.8 Å². The fraction of sp³-hybridized carbons (Fsp3) is 0.400. The molecular weight excluding hydrogens is 300 g/mol. The first-order valence-corrected chi connectivity index (χ1v) is 8.03. The Morgan fingerprint density at radius 2 is 2.18 bits per heavy atom. The first-order chi connectivity index (χ1) is 10.6. The third-order valence-corrected chi connectivity index (χ3v) is 4.78. The predicted molar refractivity (Wildman–Crippen MR) is 87.2 cm³/mol. The highest BCUT2D eigenvalue weighted by Crippen LogP contribution is 2.29. The summed E-state index contributed by atoms with van der Waals surface area (Å²) in [6.07, 6.45) is 3.50. The molecule has 1 aliphatic heterocycles. The molecule has 1 fully saturated rings. The number of anilines is 2. The maximum Gasteiger partial charge on any atom is 0.169 e. The van der Waals surface area contributed by atoms with Crippen LogP contribution in [0.2, 0.25) is 0 Å². The van der Waals surface area contributed by atoms with Crippen molar-refractivity contribution in [3.8, 4) is 10.6 Å². The molecule has 0 bridgehead atoms. The zero-order valence-corrected chi connectivity index (χ0v) is 13.2. The first-order valence-electron chi connectivity index (χ1n) is 7.21. The molecule has 0 saturated carbocycles. The number of nitrogen functional groups attached to an aromatic ring is 1. The van der Waals surface area contributed by atoms with Crippen LogP contribution in [-0.4, -0.2) is 35.0 Å². The summed E-state index contributed by atoms with van der Waals surface area (Å²) in [7, 11) is 0. The molecule has 0 aromatic carbocycles. The van der Waals surface area contributed by atoms with Gasteiger partial charge in [-0.25, -0.2) is 9.97 Å². The minimum Gasteiger partial charge on any atom is -0.381 e. The number of Topliss-reactive ketones (excluding diaryl/α,β-unsaturated/α-hetero) is 1. The SMILES string of the molecule is CC(=O)c1ccc(-c2cnc(N)c(NC3CCOCC3)n2)s1. The molecule has 22 heavy (non-hydrogen) atoms. The minimum absolute atomic E-state index is 0.0557. The van der Waals surface area contributed by atoms with E-state index in [9.17, 15) is 4.79 Å². The van der Waals surface area contributed by atoms with Crippen LogP contribution in [-0.2, 0) is 4.74 Å². The lowest BCUT2D eigenvalue weighted by Crippen LogP contribution is -2.28. The Labute approximate surface area is 132 Å². The van der Waals surface area contributed by atoms with E-state index >= 15 is 0 Å². The average molecular weight is 318 g/mol. The Morgan fingerprint density at radius 3 is 2.86 bits per heavy atom. The fourth-order valence-electron chi connectivity index (χ4n) is 2.32. The van der Waals surface area contributed by atoms with Gasteiger partial charge in [-0.2, -0.15) is 0 Å². The summed E-state index contributed by atoms with van der Waals surface area (Å²) in [4.78, 5) is 21.8. The molecular formula is C15H18N4O2S. The topological polar surface area (TPSA) is 90.1 Å². The number of nitrogens with two attached hydrogens (primary N) is 1. The van der Waals surface area contributed by atoms with E-state index in [1.54, 1.807) is 13.1 Å². The Hall–Kier alpha value is -1.99. The third kappa shape index (κ3) is 3.26. The highest BCUT2D eigenvalue weighted by Gasteiger charge is 2.17. The number of hydrogen-bond donors (Lipinski definition) is 2. The number of carbonyl (C=O) groups excluding carboxylic acids is 1. The lowest BCUT2D eigenvalue weighted by atomic mass is 10.1. The van der Waals surface area contributed by atoms with Gasteiger partial charge in [0.15, 0.2) is 17.4 Å². The zero-order chi connectivity index (χ0) is 15.5. The number of aromatic nitrogens is 2. The van der Waals surface area contributed by atoms with Gasteiger partial charge in [0.1, 0.15) is 5.69 Å².